The molecule has 0 saturated carbocycles. The molecule has 0 bridgehead atoms. The zero-order valence-corrected chi connectivity index (χ0v) is 14.1. The average Bonchev–Trinajstić information content (AvgIpc) is 3.02. The van der Waals surface area contributed by atoms with Gasteiger partial charge in [-0.25, -0.2) is 0 Å². The van der Waals surface area contributed by atoms with E-state index in [-0.39, 0.29) is 12.6 Å². The van der Waals surface area contributed by atoms with Gasteiger partial charge in [0.25, 0.3) is 0 Å². The first kappa shape index (κ1) is 16.7. The molecule has 0 saturated heterocycles. The van der Waals surface area contributed by atoms with Crippen LogP contribution < -0.4 is 5.32 Å². The highest BCUT2D eigenvalue weighted by atomic mass is 16.3. The number of hydrogen-bond donors (Lipinski definition) is 3. The Morgan fingerprint density at radius 1 is 1.08 bits per heavy atom. The van der Waals surface area contributed by atoms with Crippen molar-refractivity contribution in [1.82, 2.24) is 10.3 Å². The summed E-state index contributed by atoms with van der Waals surface area (Å²) in [6.07, 6.45) is 3.89. The topological polar surface area (TPSA) is 48.0 Å². The van der Waals surface area contributed by atoms with E-state index in [1.54, 1.807) is 0 Å². The van der Waals surface area contributed by atoms with E-state index in [1.807, 2.05) is 18.2 Å². The molecule has 3 nitrogen and oxygen atoms in total. The van der Waals surface area contributed by atoms with Crippen molar-refractivity contribution in [2.45, 2.75) is 25.8 Å². The Bertz CT molecular complexity index is 751. The minimum Gasteiger partial charge on any atom is -0.395 e. The van der Waals surface area contributed by atoms with Gasteiger partial charge in [0.05, 0.1) is 6.61 Å². The predicted octanol–water partition coefficient (Wildman–Crippen LogP) is 3.50. The second-order valence-corrected chi connectivity index (χ2v) is 6.44. The van der Waals surface area contributed by atoms with Crippen molar-refractivity contribution in [3.63, 3.8) is 0 Å². The lowest BCUT2D eigenvalue weighted by Crippen LogP contribution is -2.37. The molecule has 1 aromatic heterocycles. The van der Waals surface area contributed by atoms with Gasteiger partial charge < -0.3 is 15.4 Å². The maximum Gasteiger partial charge on any atom is 0.0587 e. The fraction of sp³-hybridized carbons (Fsp3) is 0.286. The molecule has 0 amide bonds. The van der Waals surface area contributed by atoms with Crippen molar-refractivity contribution in [2.24, 2.45) is 0 Å². The molecule has 3 heteroatoms. The molecule has 3 aromatic rings. The molecule has 0 aliphatic carbocycles. The van der Waals surface area contributed by atoms with Crippen LogP contribution in [0.5, 0.6) is 0 Å². The fourth-order valence-corrected chi connectivity index (χ4v) is 3.08. The Morgan fingerprint density at radius 3 is 2.62 bits per heavy atom. The van der Waals surface area contributed by atoms with Gasteiger partial charge in [0.2, 0.25) is 0 Å². The molecule has 1 unspecified atom stereocenters. The van der Waals surface area contributed by atoms with Crippen LogP contribution in [0.2, 0.25) is 0 Å². The van der Waals surface area contributed by atoms with Gasteiger partial charge >= 0.3 is 0 Å². The third-order valence-electron chi connectivity index (χ3n) is 4.40. The number of aliphatic hydroxyl groups is 1. The fourth-order valence-electron chi connectivity index (χ4n) is 3.08. The van der Waals surface area contributed by atoms with Crippen LogP contribution >= 0.6 is 0 Å². The first-order valence-corrected chi connectivity index (χ1v) is 8.50. The molecule has 1 radical (unpaired) electrons. The monoisotopic (exact) mass is 321 g/mol. The Labute approximate surface area is 143 Å². The summed E-state index contributed by atoms with van der Waals surface area (Å²) in [5, 5.41) is 14.4. The molecule has 24 heavy (non-hydrogen) atoms. The smallest absolute Gasteiger partial charge is 0.0587 e. The number of nitrogens with one attached hydrogen (secondary N) is 2. The molecule has 0 aliphatic rings. The van der Waals surface area contributed by atoms with Crippen molar-refractivity contribution >= 4 is 10.9 Å². The number of para-hydroxylation sites is 1. The molecule has 0 aliphatic heterocycles. The minimum atomic E-state index is 0.0883. The van der Waals surface area contributed by atoms with Crippen molar-refractivity contribution in [3.05, 3.63) is 77.8 Å². The van der Waals surface area contributed by atoms with Gasteiger partial charge in [0.1, 0.15) is 0 Å². The number of H-pyrrole nitrogens is 1. The summed E-state index contributed by atoms with van der Waals surface area (Å²) in [7, 11) is 0. The molecule has 3 rings (SSSR count). The van der Waals surface area contributed by atoms with E-state index in [0.29, 0.717) is 0 Å². The molecule has 2 aromatic carbocycles. The second-order valence-electron chi connectivity index (χ2n) is 6.44. The maximum atomic E-state index is 9.62. The van der Waals surface area contributed by atoms with Gasteiger partial charge in [-0.15, -0.1) is 0 Å². The zero-order chi connectivity index (χ0) is 16.8. The third kappa shape index (κ3) is 4.25. The zero-order valence-electron chi connectivity index (χ0n) is 14.1. The highest BCUT2D eigenvalue weighted by Gasteiger charge is 2.12. The van der Waals surface area contributed by atoms with E-state index in [1.165, 1.54) is 27.9 Å². The molecule has 0 fully saturated rings. The van der Waals surface area contributed by atoms with Crippen molar-refractivity contribution in [3.8, 4) is 0 Å². The van der Waals surface area contributed by atoms with Crippen LogP contribution in [0.15, 0.2) is 60.8 Å². The number of aromatic amines is 1. The normalized spacial score (nSPS) is 12.8. The van der Waals surface area contributed by atoms with Crippen molar-refractivity contribution < 1.29 is 5.11 Å². The number of rotatable bonds is 8. The van der Waals surface area contributed by atoms with Crippen LogP contribution in [0.25, 0.3) is 10.9 Å². The molecular weight excluding hydrogens is 296 g/mol. The number of benzene rings is 2. The van der Waals surface area contributed by atoms with Gasteiger partial charge in [-0.3, -0.25) is 0 Å². The number of hydrogen-bond acceptors (Lipinski definition) is 2. The first-order valence-electron chi connectivity index (χ1n) is 8.50. The summed E-state index contributed by atoms with van der Waals surface area (Å²) in [6, 6.07) is 18.8. The highest BCUT2D eigenvalue weighted by molar-refractivity contribution is 5.83. The SMILES string of the molecule is C[C](CNC(CO)Cc1ccccc1)Cc1c[nH]c2ccccc12. The lowest BCUT2D eigenvalue weighted by atomic mass is 9.99. The van der Waals surface area contributed by atoms with Crippen LogP contribution in [0.4, 0.5) is 0 Å². The van der Waals surface area contributed by atoms with Gasteiger partial charge in [-0.1, -0.05) is 55.5 Å². The summed E-state index contributed by atoms with van der Waals surface area (Å²) >= 11 is 0. The average molecular weight is 321 g/mol. The Morgan fingerprint density at radius 2 is 1.83 bits per heavy atom. The molecular formula is C21H25N2O. The van der Waals surface area contributed by atoms with E-state index in [9.17, 15) is 5.11 Å². The molecule has 1 heterocycles. The number of aromatic nitrogens is 1. The highest BCUT2D eigenvalue weighted by Crippen LogP contribution is 2.21. The van der Waals surface area contributed by atoms with Crippen molar-refractivity contribution in [1.29, 1.82) is 0 Å². The largest absolute Gasteiger partial charge is 0.395 e. The first-order chi connectivity index (χ1) is 11.8. The predicted molar refractivity (Wildman–Crippen MR) is 99.9 cm³/mol. The van der Waals surface area contributed by atoms with E-state index < -0.39 is 0 Å². The molecule has 125 valence electrons. The summed E-state index contributed by atoms with van der Waals surface area (Å²) in [4.78, 5) is 3.33. The lowest BCUT2D eigenvalue weighted by molar-refractivity contribution is 0.243. The quantitative estimate of drug-likeness (QED) is 0.595. The summed E-state index contributed by atoms with van der Waals surface area (Å²) < 4.78 is 0. The molecule has 0 spiro atoms. The van der Waals surface area contributed by atoms with Crippen LogP contribution in [-0.2, 0) is 12.8 Å². The Kier molecular flexibility index (Phi) is 5.68. The van der Waals surface area contributed by atoms with E-state index in [0.717, 1.165) is 19.4 Å². The van der Waals surface area contributed by atoms with Crippen LogP contribution in [0.3, 0.4) is 0 Å². The van der Waals surface area contributed by atoms with Gasteiger partial charge in [0.15, 0.2) is 0 Å². The number of fused-ring (bicyclic) bond motifs is 1. The molecule has 1 atom stereocenters. The third-order valence-corrected chi connectivity index (χ3v) is 4.40. The van der Waals surface area contributed by atoms with E-state index >= 15 is 0 Å². The van der Waals surface area contributed by atoms with Gasteiger partial charge in [-0.05, 0) is 36.0 Å². The maximum absolute atomic E-state index is 9.62. The minimum absolute atomic E-state index is 0.0883. The molecule has 3 N–H and O–H groups in total. The van der Waals surface area contributed by atoms with Crippen LogP contribution in [0.1, 0.15) is 18.1 Å². The van der Waals surface area contributed by atoms with Crippen LogP contribution in [0, 0.1) is 5.92 Å². The number of aliphatic hydroxyl groups excluding tert-OH is 1. The second kappa shape index (κ2) is 8.13. The van der Waals surface area contributed by atoms with Crippen LogP contribution in [-0.4, -0.2) is 29.3 Å². The van der Waals surface area contributed by atoms with Crippen molar-refractivity contribution in [2.75, 3.05) is 13.2 Å². The summed E-state index contributed by atoms with van der Waals surface area (Å²) in [6.45, 7) is 3.14. The van der Waals surface area contributed by atoms with Gasteiger partial charge in [-0.2, -0.15) is 0 Å². The summed E-state index contributed by atoms with van der Waals surface area (Å²) in [5.74, 6) is 1.37. The Balaban J connectivity index is 1.53. The Hall–Kier alpha value is -2.10. The standard InChI is InChI=1S/C21H25N2O/c1-16(11-18-14-23-21-10-6-5-9-20(18)21)13-22-19(15-24)12-17-7-3-2-4-8-17/h2-10,14,19,22-24H,11-13,15H2,1H3. The lowest BCUT2D eigenvalue weighted by Gasteiger charge is -2.19. The van der Waals surface area contributed by atoms with Gasteiger partial charge in [0, 0.05) is 29.7 Å². The summed E-state index contributed by atoms with van der Waals surface area (Å²) in [5.41, 5.74) is 3.76. The van der Waals surface area contributed by atoms with E-state index in [4.69, 9.17) is 0 Å². The van der Waals surface area contributed by atoms with E-state index in [2.05, 4.69) is 59.8 Å².